The van der Waals surface area contributed by atoms with E-state index in [9.17, 15) is 13.5 Å². The summed E-state index contributed by atoms with van der Waals surface area (Å²) in [6.07, 6.45) is 1.45. The van der Waals surface area contributed by atoms with Gasteiger partial charge in [-0.15, -0.1) is 0 Å². The van der Waals surface area contributed by atoms with Gasteiger partial charge in [0.05, 0.1) is 11.5 Å². The van der Waals surface area contributed by atoms with Crippen LogP contribution in [0.15, 0.2) is 17.0 Å². The van der Waals surface area contributed by atoms with Crippen molar-refractivity contribution in [3.05, 3.63) is 28.8 Å². The number of sulfonamides is 1. The summed E-state index contributed by atoms with van der Waals surface area (Å²) in [6, 6.07) is 3.36. The molecule has 5 heteroatoms. The summed E-state index contributed by atoms with van der Waals surface area (Å²) in [6.45, 7) is 9.32. The van der Waals surface area contributed by atoms with E-state index in [0.717, 1.165) is 24.0 Å². The molecule has 20 heavy (non-hydrogen) atoms. The Bertz CT molecular complexity index is 575. The van der Waals surface area contributed by atoms with Crippen molar-refractivity contribution in [2.75, 3.05) is 0 Å². The maximum atomic E-state index is 12.6. The molecule has 0 atom stereocenters. The summed E-state index contributed by atoms with van der Waals surface area (Å²) in [7, 11) is -3.59. The standard InChI is InChI=1S/C15H25NO3S/c1-6-15(5,7-2)16-20(18,19)14-9-13(10-17)8-11(3)12(14)4/h8-9,16-17H,6-7,10H2,1-5H3. The largest absolute Gasteiger partial charge is 0.392 e. The monoisotopic (exact) mass is 299 g/mol. The lowest BCUT2D eigenvalue weighted by atomic mass is 9.98. The summed E-state index contributed by atoms with van der Waals surface area (Å²) >= 11 is 0. The number of rotatable bonds is 6. The topological polar surface area (TPSA) is 66.4 Å². The van der Waals surface area contributed by atoms with Gasteiger partial charge in [-0.05, 0) is 56.4 Å². The molecule has 0 heterocycles. The molecule has 1 rings (SSSR count). The highest BCUT2D eigenvalue weighted by Gasteiger charge is 2.28. The molecule has 0 bridgehead atoms. The van der Waals surface area contributed by atoms with Crippen LogP contribution in [0.1, 0.15) is 50.3 Å². The van der Waals surface area contributed by atoms with Crippen molar-refractivity contribution in [2.24, 2.45) is 0 Å². The number of nitrogens with one attached hydrogen (secondary N) is 1. The third-order valence-electron chi connectivity index (χ3n) is 4.09. The molecule has 0 amide bonds. The van der Waals surface area contributed by atoms with Gasteiger partial charge >= 0.3 is 0 Å². The van der Waals surface area contributed by atoms with Gasteiger partial charge in [0.15, 0.2) is 0 Å². The summed E-state index contributed by atoms with van der Waals surface area (Å²) < 4.78 is 28.0. The Labute approximate surface area is 122 Å². The minimum absolute atomic E-state index is 0.164. The smallest absolute Gasteiger partial charge is 0.241 e. The van der Waals surface area contributed by atoms with E-state index in [0.29, 0.717) is 5.56 Å². The first-order chi connectivity index (χ1) is 9.19. The van der Waals surface area contributed by atoms with Crippen LogP contribution < -0.4 is 4.72 Å². The molecule has 0 aromatic heterocycles. The summed E-state index contributed by atoms with van der Waals surface area (Å²) in [5.41, 5.74) is 1.76. The molecule has 0 fully saturated rings. The minimum Gasteiger partial charge on any atom is -0.392 e. The van der Waals surface area contributed by atoms with Gasteiger partial charge in [-0.1, -0.05) is 19.9 Å². The van der Waals surface area contributed by atoms with E-state index in [1.165, 1.54) is 0 Å². The molecule has 0 aliphatic rings. The molecule has 1 aromatic rings. The average molecular weight is 299 g/mol. The van der Waals surface area contributed by atoms with Crippen molar-refractivity contribution in [1.29, 1.82) is 0 Å². The predicted octanol–water partition coefficient (Wildman–Crippen LogP) is 2.65. The quantitative estimate of drug-likeness (QED) is 0.848. The van der Waals surface area contributed by atoms with E-state index >= 15 is 0 Å². The first-order valence-corrected chi connectivity index (χ1v) is 8.42. The molecular weight excluding hydrogens is 274 g/mol. The average Bonchev–Trinajstić information content (AvgIpc) is 2.40. The molecule has 1 aromatic carbocycles. The number of hydrogen-bond acceptors (Lipinski definition) is 3. The zero-order valence-corrected chi connectivity index (χ0v) is 13.8. The highest BCUT2D eigenvalue weighted by Crippen LogP contribution is 2.24. The van der Waals surface area contributed by atoms with Crippen molar-refractivity contribution in [3.8, 4) is 0 Å². The SMILES string of the molecule is CCC(C)(CC)NS(=O)(=O)c1cc(CO)cc(C)c1C. The second kappa shape index (κ2) is 6.24. The molecule has 0 aliphatic carbocycles. The van der Waals surface area contributed by atoms with Crippen LogP contribution in [0.5, 0.6) is 0 Å². The normalized spacial score (nSPS) is 12.7. The maximum absolute atomic E-state index is 12.6. The van der Waals surface area contributed by atoms with Crippen LogP contribution in [0.2, 0.25) is 0 Å². The van der Waals surface area contributed by atoms with Gasteiger partial charge in [-0.3, -0.25) is 0 Å². The van der Waals surface area contributed by atoms with Gasteiger partial charge in [0.25, 0.3) is 0 Å². The van der Waals surface area contributed by atoms with Gasteiger partial charge in [0.2, 0.25) is 10.0 Å². The fourth-order valence-corrected chi connectivity index (χ4v) is 3.96. The van der Waals surface area contributed by atoms with Gasteiger partial charge in [0.1, 0.15) is 0 Å². The Hall–Kier alpha value is -0.910. The van der Waals surface area contributed by atoms with Crippen molar-refractivity contribution < 1.29 is 13.5 Å². The van der Waals surface area contributed by atoms with E-state index in [1.54, 1.807) is 13.0 Å². The third-order valence-corrected chi connectivity index (χ3v) is 5.86. The van der Waals surface area contributed by atoms with Crippen molar-refractivity contribution in [3.63, 3.8) is 0 Å². The van der Waals surface area contributed by atoms with E-state index < -0.39 is 15.6 Å². The predicted molar refractivity (Wildman–Crippen MR) is 81.1 cm³/mol. The minimum atomic E-state index is -3.59. The lowest BCUT2D eigenvalue weighted by molar-refractivity contribution is 0.281. The van der Waals surface area contributed by atoms with E-state index in [-0.39, 0.29) is 11.5 Å². The van der Waals surface area contributed by atoms with Gasteiger partial charge in [-0.2, -0.15) is 0 Å². The summed E-state index contributed by atoms with van der Waals surface area (Å²) in [5, 5.41) is 9.25. The van der Waals surface area contributed by atoms with Gasteiger partial charge < -0.3 is 5.11 Å². The first-order valence-electron chi connectivity index (χ1n) is 6.94. The number of aryl methyl sites for hydroxylation is 1. The number of aliphatic hydroxyl groups excluding tert-OH is 1. The summed E-state index contributed by atoms with van der Waals surface area (Å²) in [4.78, 5) is 0.259. The molecule has 0 aliphatic heterocycles. The van der Waals surface area contributed by atoms with Crippen LogP contribution in [0.4, 0.5) is 0 Å². The van der Waals surface area contributed by atoms with Crippen molar-refractivity contribution in [1.82, 2.24) is 4.72 Å². The number of hydrogen-bond donors (Lipinski definition) is 2. The molecule has 0 radical (unpaired) electrons. The zero-order chi connectivity index (χ0) is 15.6. The molecule has 0 saturated heterocycles. The maximum Gasteiger partial charge on any atom is 0.241 e. The lowest BCUT2D eigenvalue weighted by Crippen LogP contribution is -2.45. The van der Waals surface area contributed by atoms with Gasteiger partial charge in [-0.25, -0.2) is 13.1 Å². The van der Waals surface area contributed by atoms with Crippen LogP contribution in [-0.4, -0.2) is 19.1 Å². The fourth-order valence-electron chi connectivity index (χ4n) is 2.04. The molecule has 0 saturated carbocycles. The number of benzene rings is 1. The molecule has 0 spiro atoms. The van der Waals surface area contributed by atoms with Crippen LogP contribution >= 0.6 is 0 Å². The highest BCUT2D eigenvalue weighted by atomic mass is 32.2. The van der Waals surface area contributed by atoms with E-state index in [1.807, 2.05) is 33.8 Å². The Morgan fingerprint density at radius 2 is 1.75 bits per heavy atom. The molecular formula is C15H25NO3S. The van der Waals surface area contributed by atoms with Crippen LogP contribution in [0, 0.1) is 13.8 Å². The molecule has 114 valence electrons. The lowest BCUT2D eigenvalue weighted by Gasteiger charge is -2.28. The van der Waals surface area contributed by atoms with Crippen molar-refractivity contribution >= 4 is 10.0 Å². The van der Waals surface area contributed by atoms with E-state index in [4.69, 9.17) is 0 Å². The molecule has 4 nitrogen and oxygen atoms in total. The zero-order valence-electron chi connectivity index (χ0n) is 12.9. The van der Waals surface area contributed by atoms with Crippen LogP contribution in [-0.2, 0) is 16.6 Å². The Morgan fingerprint density at radius 1 is 1.20 bits per heavy atom. The molecule has 2 N–H and O–H groups in total. The Morgan fingerprint density at radius 3 is 2.20 bits per heavy atom. The van der Waals surface area contributed by atoms with E-state index in [2.05, 4.69) is 4.72 Å². The first kappa shape index (κ1) is 17.1. The van der Waals surface area contributed by atoms with Crippen LogP contribution in [0.3, 0.4) is 0 Å². The Kier molecular flexibility index (Phi) is 5.35. The second-order valence-corrected chi connectivity index (χ2v) is 7.22. The number of aliphatic hydroxyl groups is 1. The fraction of sp³-hybridized carbons (Fsp3) is 0.600. The third kappa shape index (κ3) is 3.59. The Balaban J connectivity index is 3.32. The van der Waals surface area contributed by atoms with Crippen LogP contribution in [0.25, 0.3) is 0 Å². The van der Waals surface area contributed by atoms with Crippen molar-refractivity contribution in [2.45, 2.75) is 64.5 Å². The highest BCUT2D eigenvalue weighted by molar-refractivity contribution is 7.89. The van der Waals surface area contributed by atoms with Gasteiger partial charge in [0, 0.05) is 5.54 Å². The molecule has 0 unspecified atom stereocenters. The second-order valence-electron chi connectivity index (χ2n) is 5.57. The summed E-state index contributed by atoms with van der Waals surface area (Å²) in [5.74, 6) is 0.